The van der Waals surface area contributed by atoms with E-state index in [1.54, 1.807) is 37.3 Å². The first-order valence-electron chi connectivity index (χ1n) is 8.31. The number of carbonyl (C=O) groups is 1. The first kappa shape index (κ1) is 16.1. The molecule has 0 aliphatic heterocycles. The molecule has 0 unspecified atom stereocenters. The molecule has 128 valence electrons. The third kappa shape index (κ3) is 2.86. The van der Waals surface area contributed by atoms with Gasteiger partial charge in [0.25, 0.3) is 0 Å². The second-order valence-electron chi connectivity index (χ2n) is 6.15. The van der Waals surface area contributed by atoms with Gasteiger partial charge >= 0.3 is 5.97 Å². The summed E-state index contributed by atoms with van der Waals surface area (Å²) in [7, 11) is 0. The molecule has 1 aromatic heterocycles. The molecule has 0 aliphatic rings. The van der Waals surface area contributed by atoms with Gasteiger partial charge in [-0.1, -0.05) is 42.5 Å². The Hall–Kier alpha value is -3.40. The number of carbonyl (C=O) groups excluding carboxylic acids is 1. The van der Waals surface area contributed by atoms with Gasteiger partial charge < -0.3 is 9.15 Å². The summed E-state index contributed by atoms with van der Waals surface area (Å²) in [6, 6.07) is 19.8. The SMILES string of the molecule is Cc1cc2oc3ccccc3c(=O)c2cc1C(=O)OCc1ccccc1. The second-order valence-corrected chi connectivity index (χ2v) is 6.15. The van der Waals surface area contributed by atoms with Crippen LogP contribution in [0.3, 0.4) is 0 Å². The number of benzene rings is 3. The Morgan fingerprint density at radius 3 is 2.46 bits per heavy atom. The van der Waals surface area contributed by atoms with Crippen LogP contribution in [-0.4, -0.2) is 5.97 Å². The highest BCUT2D eigenvalue weighted by molar-refractivity contribution is 5.98. The number of rotatable bonds is 3. The van der Waals surface area contributed by atoms with Crippen LogP contribution in [0.15, 0.2) is 75.9 Å². The maximum atomic E-state index is 12.7. The Labute approximate surface area is 149 Å². The summed E-state index contributed by atoms with van der Waals surface area (Å²) in [4.78, 5) is 25.2. The molecule has 4 heteroatoms. The topological polar surface area (TPSA) is 56.5 Å². The summed E-state index contributed by atoms with van der Waals surface area (Å²) in [5, 5.41) is 0.869. The number of para-hydroxylation sites is 1. The van der Waals surface area contributed by atoms with Gasteiger partial charge in [-0.2, -0.15) is 0 Å². The van der Waals surface area contributed by atoms with Gasteiger partial charge in [-0.05, 0) is 42.3 Å². The Morgan fingerprint density at radius 1 is 0.923 bits per heavy atom. The molecule has 0 amide bonds. The van der Waals surface area contributed by atoms with Crippen LogP contribution in [0.25, 0.3) is 21.9 Å². The zero-order valence-corrected chi connectivity index (χ0v) is 14.2. The minimum atomic E-state index is -0.458. The van der Waals surface area contributed by atoms with Gasteiger partial charge in [0.15, 0.2) is 0 Å². The molecular weight excluding hydrogens is 328 g/mol. The maximum Gasteiger partial charge on any atom is 0.338 e. The van der Waals surface area contributed by atoms with Crippen LogP contribution >= 0.6 is 0 Å². The Kier molecular flexibility index (Phi) is 4.01. The van der Waals surface area contributed by atoms with Crippen molar-refractivity contribution in [1.82, 2.24) is 0 Å². The van der Waals surface area contributed by atoms with Crippen molar-refractivity contribution in [3.63, 3.8) is 0 Å². The summed E-state index contributed by atoms with van der Waals surface area (Å²) in [5.41, 5.74) is 2.82. The monoisotopic (exact) mass is 344 g/mol. The molecule has 0 aliphatic carbocycles. The zero-order chi connectivity index (χ0) is 18.1. The fourth-order valence-corrected chi connectivity index (χ4v) is 2.97. The number of hydrogen-bond acceptors (Lipinski definition) is 4. The highest BCUT2D eigenvalue weighted by Crippen LogP contribution is 2.22. The van der Waals surface area contributed by atoms with Crippen molar-refractivity contribution in [2.75, 3.05) is 0 Å². The van der Waals surface area contributed by atoms with E-state index < -0.39 is 5.97 Å². The largest absolute Gasteiger partial charge is 0.457 e. The highest BCUT2D eigenvalue weighted by Gasteiger charge is 2.16. The minimum absolute atomic E-state index is 0.154. The first-order valence-corrected chi connectivity index (χ1v) is 8.31. The number of hydrogen-bond donors (Lipinski definition) is 0. The lowest BCUT2D eigenvalue weighted by Crippen LogP contribution is -2.09. The van der Waals surface area contributed by atoms with E-state index in [0.717, 1.165) is 5.56 Å². The molecule has 4 rings (SSSR count). The average Bonchev–Trinajstić information content (AvgIpc) is 2.67. The van der Waals surface area contributed by atoms with E-state index in [0.29, 0.717) is 33.1 Å². The summed E-state index contributed by atoms with van der Waals surface area (Å²) in [5.74, 6) is -0.458. The van der Waals surface area contributed by atoms with Crippen molar-refractivity contribution in [2.24, 2.45) is 0 Å². The van der Waals surface area contributed by atoms with E-state index in [1.807, 2.05) is 36.4 Å². The smallest absolute Gasteiger partial charge is 0.338 e. The van der Waals surface area contributed by atoms with Crippen LogP contribution in [0.5, 0.6) is 0 Å². The van der Waals surface area contributed by atoms with Crippen molar-refractivity contribution >= 4 is 27.9 Å². The standard InChI is InChI=1S/C22H16O4/c1-14-11-20-18(21(23)16-9-5-6-10-19(16)26-20)12-17(14)22(24)25-13-15-7-3-2-4-8-15/h2-12H,13H2,1H3. The van der Waals surface area contributed by atoms with Crippen molar-refractivity contribution in [2.45, 2.75) is 13.5 Å². The third-order valence-corrected chi connectivity index (χ3v) is 4.36. The summed E-state index contributed by atoms with van der Waals surface area (Å²) < 4.78 is 11.2. The average molecular weight is 344 g/mol. The molecule has 0 saturated carbocycles. The molecule has 3 aromatic carbocycles. The van der Waals surface area contributed by atoms with Crippen LogP contribution < -0.4 is 5.43 Å². The Balaban J connectivity index is 1.74. The van der Waals surface area contributed by atoms with Gasteiger partial charge in [0.05, 0.1) is 16.3 Å². The van der Waals surface area contributed by atoms with Crippen LogP contribution in [0.4, 0.5) is 0 Å². The summed E-state index contributed by atoms with van der Waals surface area (Å²) >= 11 is 0. The minimum Gasteiger partial charge on any atom is -0.457 e. The van der Waals surface area contributed by atoms with Gasteiger partial charge in [0.2, 0.25) is 5.43 Å². The predicted octanol–water partition coefficient (Wildman–Crippen LogP) is 4.61. The summed E-state index contributed by atoms with van der Waals surface area (Å²) in [6.45, 7) is 1.98. The number of aryl methyl sites for hydroxylation is 1. The molecule has 0 saturated heterocycles. The van der Waals surface area contributed by atoms with Crippen molar-refractivity contribution < 1.29 is 13.9 Å². The van der Waals surface area contributed by atoms with E-state index in [9.17, 15) is 9.59 Å². The quantitative estimate of drug-likeness (QED) is 0.402. The first-order chi connectivity index (χ1) is 12.6. The Bertz CT molecular complexity index is 1170. The number of esters is 1. The molecule has 0 fully saturated rings. The third-order valence-electron chi connectivity index (χ3n) is 4.36. The second kappa shape index (κ2) is 6.48. The molecule has 4 aromatic rings. The van der Waals surface area contributed by atoms with Crippen LogP contribution in [0, 0.1) is 6.92 Å². The molecule has 0 spiro atoms. The van der Waals surface area contributed by atoms with Crippen LogP contribution in [0.1, 0.15) is 21.5 Å². The fourth-order valence-electron chi connectivity index (χ4n) is 2.97. The lowest BCUT2D eigenvalue weighted by Gasteiger charge is -2.09. The lowest BCUT2D eigenvalue weighted by atomic mass is 10.0. The van der Waals surface area contributed by atoms with Crippen LogP contribution in [-0.2, 0) is 11.3 Å². The molecular formula is C22H16O4. The van der Waals surface area contributed by atoms with Crippen molar-refractivity contribution in [3.8, 4) is 0 Å². The van der Waals surface area contributed by atoms with Gasteiger partial charge in [-0.15, -0.1) is 0 Å². The zero-order valence-electron chi connectivity index (χ0n) is 14.2. The van der Waals surface area contributed by atoms with E-state index in [4.69, 9.17) is 9.15 Å². The van der Waals surface area contributed by atoms with Gasteiger partial charge in [-0.25, -0.2) is 4.79 Å². The van der Waals surface area contributed by atoms with E-state index in [2.05, 4.69) is 0 Å². The predicted molar refractivity (Wildman–Crippen MR) is 100 cm³/mol. The van der Waals surface area contributed by atoms with Gasteiger partial charge in [-0.3, -0.25) is 4.79 Å². The number of fused-ring (bicyclic) bond motifs is 2. The maximum absolute atomic E-state index is 12.7. The fraction of sp³-hybridized carbons (Fsp3) is 0.0909. The van der Waals surface area contributed by atoms with E-state index in [1.165, 1.54) is 0 Å². The van der Waals surface area contributed by atoms with Crippen molar-refractivity contribution in [1.29, 1.82) is 0 Å². The summed E-state index contributed by atoms with van der Waals surface area (Å²) in [6.07, 6.45) is 0. The molecule has 0 N–H and O–H groups in total. The molecule has 0 atom stereocenters. The van der Waals surface area contributed by atoms with Gasteiger partial charge in [0.1, 0.15) is 17.8 Å². The van der Waals surface area contributed by atoms with Crippen molar-refractivity contribution in [3.05, 3.63) is 93.6 Å². The normalized spacial score (nSPS) is 11.0. The molecule has 1 heterocycles. The Morgan fingerprint density at radius 2 is 1.65 bits per heavy atom. The highest BCUT2D eigenvalue weighted by atomic mass is 16.5. The number of ether oxygens (including phenoxy) is 1. The molecule has 0 radical (unpaired) electrons. The van der Waals surface area contributed by atoms with E-state index in [-0.39, 0.29) is 12.0 Å². The molecule has 26 heavy (non-hydrogen) atoms. The van der Waals surface area contributed by atoms with Gasteiger partial charge in [0, 0.05) is 0 Å². The molecule has 4 nitrogen and oxygen atoms in total. The molecule has 0 bridgehead atoms. The van der Waals surface area contributed by atoms with E-state index >= 15 is 0 Å². The lowest BCUT2D eigenvalue weighted by molar-refractivity contribution is 0.0472. The van der Waals surface area contributed by atoms with Crippen LogP contribution in [0.2, 0.25) is 0 Å².